The van der Waals surface area contributed by atoms with Gasteiger partial charge in [0.2, 0.25) is 11.8 Å². The van der Waals surface area contributed by atoms with Crippen LogP contribution in [0.2, 0.25) is 0 Å². The number of piperidine rings is 2. The van der Waals surface area contributed by atoms with Gasteiger partial charge in [-0.15, -0.1) is 0 Å². The van der Waals surface area contributed by atoms with Crippen LogP contribution < -0.4 is 5.32 Å². The number of pyridine rings is 1. The zero-order valence-corrected chi connectivity index (χ0v) is 19.0. The van der Waals surface area contributed by atoms with Gasteiger partial charge in [-0.2, -0.15) is 0 Å². The monoisotopic (exact) mass is 459 g/mol. The molecule has 34 heavy (non-hydrogen) atoms. The summed E-state index contributed by atoms with van der Waals surface area (Å²) in [5.74, 6) is -0.0514. The Morgan fingerprint density at radius 1 is 1.06 bits per heavy atom. The number of hydrogen-bond donors (Lipinski definition) is 3. The molecule has 8 nitrogen and oxygen atoms in total. The molecule has 2 aromatic heterocycles. The smallest absolute Gasteiger partial charge is 0.244 e. The third-order valence-corrected chi connectivity index (χ3v) is 7.63. The van der Waals surface area contributed by atoms with Crippen LogP contribution in [0.3, 0.4) is 0 Å². The Labute approximate surface area is 198 Å². The first kappa shape index (κ1) is 21.5. The number of aliphatic hydroxyl groups excluding tert-OH is 1. The molecular weight excluding hydrogens is 430 g/mol. The molecule has 2 atom stereocenters. The maximum Gasteiger partial charge on any atom is 0.244 e. The summed E-state index contributed by atoms with van der Waals surface area (Å²) in [6.45, 7) is 3.44. The lowest BCUT2D eigenvalue weighted by Gasteiger charge is -2.32. The zero-order valence-electron chi connectivity index (χ0n) is 19.0. The van der Waals surface area contributed by atoms with Crippen LogP contribution in [0, 0.1) is 0 Å². The van der Waals surface area contributed by atoms with E-state index in [1.165, 1.54) is 5.56 Å². The molecule has 5 heterocycles. The van der Waals surface area contributed by atoms with Gasteiger partial charge in [0, 0.05) is 31.1 Å². The number of rotatable bonds is 4. The second-order valence-corrected chi connectivity index (χ2v) is 9.74. The molecule has 3 aliphatic heterocycles. The van der Waals surface area contributed by atoms with Crippen molar-refractivity contribution in [2.45, 2.75) is 57.0 Å². The number of H-pyrrole nitrogens is 1. The van der Waals surface area contributed by atoms with Crippen molar-refractivity contribution in [1.29, 1.82) is 0 Å². The molecule has 3 N–H and O–H groups in total. The summed E-state index contributed by atoms with van der Waals surface area (Å²) in [5.41, 5.74) is 5.30. The first-order chi connectivity index (χ1) is 16.5. The average Bonchev–Trinajstić information content (AvgIpc) is 3.43. The number of aromatic nitrogens is 2. The Morgan fingerprint density at radius 3 is 2.74 bits per heavy atom. The molecule has 1 aromatic carbocycles. The predicted octanol–water partition coefficient (Wildman–Crippen LogP) is 2.55. The Hall–Kier alpha value is -3.07. The SMILES string of the molecule is O=C1CCC(N2Cc3cc(C4CCN(Cc5ccc6cc[nH]c6n5)CC4)ccc3C2O)C(=O)N1. The molecule has 0 bridgehead atoms. The molecule has 176 valence electrons. The summed E-state index contributed by atoms with van der Waals surface area (Å²) in [7, 11) is 0. The molecule has 0 aliphatic carbocycles. The Bertz CT molecular complexity index is 1250. The lowest BCUT2D eigenvalue weighted by atomic mass is 9.88. The van der Waals surface area contributed by atoms with E-state index in [9.17, 15) is 14.7 Å². The number of aliphatic hydroxyl groups is 1. The standard InChI is InChI=1S/C26H29N5O3/c32-23-6-5-22(25(33)29-23)31-14-19-13-18(2-4-21(19)26(31)34)16-8-11-30(12-9-16)15-20-3-1-17-7-10-27-24(17)28-20/h1-4,7,10,13,16,22,26,34H,5-6,8-9,11-12,14-15H2,(H,27,28)(H,29,32,33). The molecule has 2 fully saturated rings. The van der Waals surface area contributed by atoms with Gasteiger partial charge in [-0.3, -0.25) is 24.7 Å². The number of benzene rings is 1. The minimum absolute atomic E-state index is 0.235. The number of carbonyl (C=O) groups excluding carboxylic acids is 2. The van der Waals surface area contributed by atoms with E-state index in [-0.39, 0.29) is 11.8 Å². The van der Waals surface area contributed by atoms with Crippen molar-refractivity contribution in [2.75, 3.05) is 13.1 Å². The second-order valence-electron chi connectivity index (χ2n) is 9.74. The number of aromatic amines is 1. The van der Waals surface area contributed by atoms with E-state index in [1.54, 1.807) is 0 Å². The van der Waals surface area contributed by atoms with Crippen LogP contribution in [-0.4, -0.2) is 55.8 Å². The molecule has 3 aromatic rings. The normalized spacial score (nSPS) is 24.5. The van der Waals surface area contributed by atoms with E-state index in [0.717, 1.165) is 60.3 Å². The number of carbonyl (C=O) groups is 2. The van der Waals surface area contributed by atoms with Crippen LogP contribution in [-0.2, 0) is 22.7 Å². The van der Waals surface area contributed by atoms with Crippen molar-refractivity contribution in [3.05, 3.63) is 65.0 Å². The highest BCUT2D eigenvalue weighted by atomic mass is 16.3. The molecule has 0 radical (unpaired) electrons. The molecule has 8 heteroatoms. The van der Waals surface area contributed by atoms with Crippen LogP contribution in [0.5, 0.6) is 0 Å². The summed E-state index contributed by atoms with van der Waals surface area (Å²) in [6, 6.07) is 12.2. The van der Waals surface area contributed by atoms with E-state index in [0.29, 0.717) is 25.3 Å². The highest BCUT2D eigenvalue weighted by Crippen LogP contribution is 2.38. The van der Waals surface area contributed by atoms with Crippen molar-refractivity contribution in [3.8, 4) is 0 Å². The van der Waals surface area contributed by atoms with E-state index >= 15 is 0 Å². The maximum atomic E-state index is 12.3. The number of hydrogen-bond acceptors (Lipinski definition) is 6. The second kappa shape index (κ2) is 8.61. The fraction of sp³-hybridized carbons (Fsp3) is 0.423. The topological polar surface area (TPSA) is 102 Å². The van der Waals surface area contributed by atoms with Crippen molar-refractivity contribution in [3.63, 3.8) is 0 Å². The number of imide groups is 1. The van der Waals surface area contributed by atoms with Gasteiger partial charge in [0.25, 0.3) is 0 Å². The Balaban J connectivity index is 1.09. The predicted molar refractivity (Wildman–Crippen MR) is 126 cm³/mol. The Morgan fingerprint density at radius 2 is 1.91 bits per heavy atom. The third-order valence-electron chi connectivity index (χ3n) is 7.63. The fourth-order valence-electron chi connectivity index (χ4n) is 5.72. The largest absolute Gasteiger partial charge is 0.374 e. The van der Waals surface area contributed by atoms with Gasteiger partial charge in [-0.05, 0) is 73.2 Å². The minimum atomic E-state index is -0.806. The van der Waals surface area contributed by atoms with Crippen LogP contribution >= 0.6 is 0 Å². The molecule has 2 unspecified atom stereocenters. The Kier molecular flexibility index (Phi) is 5.44. The minimum Gasteiger partial charge on any atom is -0.374 e. The van der Waals surface area contributed by atoms with Crippen LogP contribution in [0.25, 0.3) is 11.0 Å². The molecule has 0 spiro atoms. The lowest BCUT2D eigenvalue weighted by molar-refractivity contribution is -0.141. The highest BCUT2D eigenvalue weighted by molar-refractivity contribution is 6.00. The van der Waals surface area contributed by atoms with Gasteiger partial charge in [-0.25, -0.2) is 4.98 Å². The molecule has 2 amide bonds. The van der Waals surface area contributed by atoms with Crippen molar-refractivity contribution < 1.29 is 14.7 Å². The zero-order chi connectivity index (χ0) is 23.2. The van der Waals surface area contributed by atoms with Crippen molar-refractivity contribution >= 4 is 22.8 Å². The molecule has 6 rings (SSSR count). The van der Waals surface area contributed by atoms with E-state index in [1.807, 2.05) is 23.2 Å². The summed E-state index contributed by atoms with van der Waals surface area (Å²) >= 11 is 0. The molecule has 3 aliphatic rings. The number of nitrogens with one attached hydrogen (secondary N) is 2. The van der Waals surface area contributed by atoms with E-state index < -0.39 is 12.3 Å². The summed E-state index contributed by atoms with van der Waals surface area (Å²) in [4.78, 5) is 36.0. The van der Waals surface area contributed by atoms with E-state index in [2.05, 4.69) is 39.5 Å². The van der Waals surface area contributed by atoms with Gasteiger partial charge >= 0.3 is 0 Å². The van der Waals surface area contributed by atoms with Crippen LogP contribution in [0.4, 0.5) is 0 Å². The van der Waals surface area contributed by atoms with Gasteiger partial charge in [0.1, 0.15) is 11.9 Å². The number of fused-ring (bicyclic) bond motifs is 2. The molecular formula is C26H29N5O3. The molecule has 2 saturated heterocycles. The first-order valence-electron chi connectivity index (χ1n) is 12.1. The van der Waals surface area contributed by atoms with Gasteiger partial charge in [-0.1, -0.05) is 18.2 Å². The van der Waals surface area contributed by atoms with Crippen molar-refractivity contribution in [1.82, 2.24) is 25.1 Å². The number of amides is 2. The summed E-state index contributed by atoms with van der Waals surface area (Å²) in [5, 5.41) is 14.4. The summed E-state index contributed by atoms with van der Waals surface area (Å²) in [6.07, 6.45) is 4.05. The van der Waals surface area contributed by atoms with Crippen molar-refractivity contribution in [2.24, 2.45) is 0 Å². The van der Waals surface area contributed by atoms with Gasteiger partial charge < -0.3 is 10.1 Å². The number of nitrogens with zero attached hydrogens (tertiary/aromatic N) is 3. The number of likely N-dealkylation sites (tertiary alicyclic amines) is 1. The van der Waals surface area contributed by atoms with Gasteiger partial charge in [0.15, 0.2) is 0 Å². The highest BCUT2D eigenvalue weighted by Gasteiger charge is 2.40. The summed E-state index contributed by atoms with van der Waals surface area (Å²) < 4.78 is 0. The average molecular weight is 460 g/mol. The van der Waals surface area contributed by atoms with Gasteiger partial charge in [0.05, 0.1) is 11.7 Å². The first-order valence-corrected chi connectivity index (χ1v) is 12.1. The maximum absolute atomic E-state index is 12.3. The fourth-order valence-corrected chi connectivity index (χ4v) is 5.72. The quantitative estimate of drug-likeness (QED) is 0.519. The van der Waals surface area contributed by atoms with Crippen LogP contribution in [0.1, 0.15) is 60.2 Å². The third kappa shape index (κ3) is 3.91. The van der Waals surface area contributed by atoms with E-state index in [4.69, 9.17) is 4.98 Å². The lowest BCUT2D eigenvalue weighted by Crippen LogP contribution is -2.51. The molecule has 0 saturated carbocycles. The van der Waals surface area contributed by atoms with Crippen LogP contribution in [0.15, 0.2) is 42.6 Å².